The average molecular weight is 378 g/mol. The van der Waals surface area contributed by atoms with Gasteiger partial charge < -0.3 is 26.6 Å². The van der Waals surface area contributed by atoms with Gasteiger partial charge >= 0.3 is 5.97 Å². The lowest BCUT2D eigenvalue weighted by Crippen LogP contribution is -2.34. The van der Waals surface area contributed by atoms with E-state index in [1.165, 1.54) is 35.5 Å². The van der Waals surface area contributed by atoms with Crippen LogP contribution in [-0.4, -0.2) is 40.3 Å². The van der Waals surface area contributed by atoms with Crippen molar-refractivity contribution in [1.29, 1.82) is 0 Å². The predicted molar refractivity (Wildman–Crippen MR) is 105 cm³/mol. The van der Waals surface area contributed by atoms with E-state index in [-0.39, 0.29) is 12.3 Å². The van der Waals surface area contributed by atoms with E-state index in [1.54, 1.807) is 23.5 Å². The lowest BCUT2D eigenvalue weighted by Gasteiger charge is -2.21. The van der Waals surface area contributed by atoms with Crippen molar-refractivity contribution in [1.82, 2.24) is 10.3 Å². The summed E-state index contributed by atoms with van der Waals surface area (Å²) in [6.07, 6.45) is 4.61. The second kappa shape index (κ2) is 9.98. The molecule has 0 aliphatic heterocycles. The number of fused-ring (bicyclic) bond motifs is 1. The summed E-state index contributed by atoms with van der Waals surface area (Å²) in [7, 11) is 0. The Morgan fingerprint density at radius 1 is 1.38 bits per heavy atom. The number of aromatic nitrogens is 1. The highest BCUT2D eigenvalue weighted by Gasteiger charge is 2.21. The van der Waals surface area contributed by atoms with Crippen molar-refractivity contribution in [3.63, 3.8) is 0 Å². The van der Waals surface area contributed by atoms with Crippen LogP contribution in [0.25, 0.3) is 0 Å². The number of aromatic hydroxyl groups is 1. The molecule has 0 unspecified atom stereocenters. The maximum Gasteiger partial charge on any atom is 0.322 e. The number of anilines is 2. The molecule has 1 aromatic carbocycles. The van der Waals surface area contributed by atoms with Crippen LogP contribution >= 0.6 is 11.3 Å². The third-order valence-electron chi connectivity index (χ3n) is 3.95. The number of benzene rings is 1. The molecular formula is C18H26N4O3S. The van der Waals surface area contributed by atoms with Crippen LogP contribution in [0.2, 0.25) is 0 Å². The van der Waals surface area contributed by atoms with Gasteiger partial charge in [-0.05, 0) is 56.5 Å². The molecule has 6 N–H and O–H groups in total. The highest BCUT2D eigenvalue weighted by Crippen LogP contribution is 2.27. The molecular weight excluding hydrogens is 352 g/mol. The minimum absolute atomic E-state index is 0.120. The molecule has 1 heterocycles. The molecule has 26 heavy (non-hydrogen) atoms. The number of nitrogens with one attached hydrogen (secondary N) is 2. The van der Waals surface area contributed by atoms with Crippen LogP contribution < -0.4 is 16.4 Å². The first kappa shape index (κ1) is 20.0. The normalized spacial score (nSPS) is 15.5. The Labute approximate surface area is 157 Å². The number of thiazole rings is 1. The number of carbonyl (C=O) groups is 1. The average Bonchev–Trinajstić information content (AvgIpc) is 2.99. The monoisotopic (exact) mass is 378 g/mol. The van der Waals surface area contributed by atoms with Gasteiger partial charge in [-0.3, -0.25) is 4.79 Å². The highest BCUT2D eigenvalue weighted by molar-refractivity contribution is 7.15. The zero-order valence-electron chi connectivity index (χ0n) is 14.9. The number of aryl methyl sites for hydroxylation is 1. The van der Waals surface area contributed by atoms with Crippen LogP contribution in [0.15, 0.2) is 24.3 Å². The second-order valence-electron chi connectivity index (χ2n) is 6.11. The molecule has 0 saturated carbocycles. The van der Waals surface area contributed by atoms with Crippen LogP contribution in [0.1, 0.15) is 30.3 Å². The van der Waals surface area contributed by atoms with E-state index in [4.69, 9.17) is 15.9 Å². The lowest BCUT2D eigenvalue weighted by atomic mass is 9.98. The largest absolute Gasteiger partial charge is 0.508 e. The summed E-state index contributed by atoms with van der Waals surface area (Å²) in [5.41, 5.74) is 7.61. The van der Waals surface area contributed by atoms with Crippen molar-refractivity contribution in [2.45, 2.75) is 38.6 Å². The first-order chi connectivity index (χ1) is 12.5. The number of aliphatic carboxylic acids is 1. The molecule has 1 atom stereocenters. The van der Waals surface area contributed by atoms with E-state index >= 15 is 0 Å². The number of rotatable bonds is 6. The number of nitrogens with zero attached hydrogens (tertiary/aromatic N) is 1. The molecule has 1 aliphatic carbocycles. The van der Waals surface area contributed by atoms with Crippen molar-refractivity contribution >= 4 is 28.1 Å². The highest BCUT2D eigenvalue weighted by atomic mass is 32.1. The minimum Gasteiger partial charge on any atom is -0.508 e. The van der Waals surface area contributed by atoms with E-state index in [0.717, 1.165) is 24.5 Å². The molecule has 0 bridgehead atoms. The SMILES string of the molecule is CCCN[C@H]1CCc2nc(N)sc2C1.O=C(O)CNc1ccc(O)cc1. The van der Waals surface area contributed by atoms with Gasteiger partial charge in [-0.2, -0.15) is 0 Å². The van der Waals surface area contributed by atoms with Crippen molar-refractivity contribution in [3.8, 4) is 5.75 Å². The molecule has 2 aromatic rings. The molecule has 8 heteroatoms. The lowest BCUT2D eigenvalue weighted by molar-refractivity contribution is -0.134. The Balaban J connectivity index is 0.000000190. The van der Waals surface area contributed by atoms with Crippen LogP contribution in [-0.2, 0) is 17.6 Å². The van der Waals surface area contributed by atoms with E-state index in [9.17, 15) is 4.79 Å². The molecule has 1 aliphatic rings. The third-order valence-corrected chi connectivity index (χ3v) is 4.90. The summed E-state index contributed by atoms with van der Waals surface area (Å²) in [5, 5.41) is 24.2. The summed E-state index contributed by atoms with van der Waals surface area (Å²) >= 11 is 1.65. The van der Waals surface area contributed by atoms with Crippen molar-refractivity contribution < 1.29 is 15.0 Å². The quantitative estimate of drug-likeness (QED) is 0.490. The van der Waals surface area contributed by atoms with E-state index in [0.29, 0.717) is 11.7 Å². The molecule has 0 spiro atoms. The number of hydrogen-bond acceptors (Lipinski definition) is 7. The summed E-state index contributed by atoms with van der Waals surface area (Å²) in [6, 6.07) is 6.84. The van der Waals surface area contributed by atoms with Gasteiger partial charge in [-0.1, -0.05) is 6.92 Å². The van der Waals surface area contributed by atoms with Gasteiger partial charge in [0.1, 0.15) is 12.3 Å². The molecule has 0 saturated heterocycles. The van der Waals surface area contributed by atoms with E-state index in [1.807, 2.05) is 0 Å². The molecule has 1 aromatic heterocycles. The zero-order valence-corrected chi connectivity index (χ0v) is 15.7. The topological polar surface area (TPSA) is 120 Å². The maximum atomic E-state index is 10.1. The zero-order chi connectivity index (χ0) is 18.9. The number of nitrogen functional groups attached to an aromatic ring is 1. The summed E-state index contributed by atoms with van der Waals surface area (Å²) in [5.74, 6) is -0.751. The van der Waals surface area contributed by atoms with Crippen LogP contribution in [0.3, 0.4) is 0 Å². The van der Waals surface area contributed by atoms with Gasteiger partial charge in [0.2, 0.25) is 0 Å². The maximum absolute atomic E-state index is 10.1. The fourth-order valence-corrected chi connectivity index (χ4v) is 3.63. The molecule has 0 amide bonds. The van der Waals surface area contributed by atoms with Crippen LogP contribution in [0.4, 0.5) is 10.8 Å². The first-order valence-corrected chi connectivity index (χ1v) is 9.51. The van der Waals surface area contributed by atoms with Gasteiger partial charge in [0.25, 0.3) is 0 Å². The summed E-state index contributed by atoms with van der Waals surface area (Å²) in [6.45, 7) is 3.20. The Morgan fingerprint density at radius 3 is 2.77 bits per heavy atom. The van der Waals surface area contributed by atoms with Gasteiger partial charge in [0.05, 0.1) is 5.69 Å². The number of hydrogen-bond donors (Lipinski definition) is 5. The number of phenolic OH excluding ortho intramolecular Hbond substituents is 1. The van der Waals surface area contributed by atoms with Crippen molar-refractivity contribution in [2.24, 2.45) is 0 Å². The van der Waals surface area contributed by atoms with Gasteiger partial charge in [0, 0.05) is 16.6 Å². The predicted octanol–water partition coefficient (Wildman–Crippen LogP) is 2.47. The fraction of sp³-hybridized carbons (Fsp3) is 0.444. The Morgan fingerprint density at radius 2 is 2.12 bits per heavy atom. The second-order valence-corrected chi connectivity index (χ2v) is 7.23. The Hall–Kier alpha value is -2.32. The smallest absolute Gasteiger partial charge is 0.322 e. The van der Waals surface area contributed by atoms with Crippen LogP contribution in [0.5, 0.6) is 5.75 Å². The van der Waals surface area contributed by atoms with Crippen LogP contribution in [0, 0.1) is 0 Å². The Kier molecular flexibility index (Phi) is 7.68. The molecule has 142 valence electrons. The Bertz CT molecular complexity index is 703. The minimum atomic E-state index is -0.914. The van der Waals surface area contributed by atoms with Crippen molar-refractivity contribution in [3.05, 3.63) is 34.8 Å². The van der Waals surface area contributed by atoms with E-state index < -0.39 is 5.97 Å². The summed E-state index contributed by atoms with van der Waals surface area (Å²) < 4.78 is 0. The molecule has 3 rings (SSSR count). The van der Waals surface area contributed by atoms with Crippen molar-refractivity contribution in [2.75, 3.05) is 24.1 Å². The molecule has 0 fully saturated rings. The van der Waals surface area contributed by atoms with Gasteiger partial charge in [-0.15, -0.1) is 11.3 Å². The summed E-state index contributed by atoms with van der Waals surface area (Å²) in [4.78, 5) is 15.9. The number of nitrogens with two attached hydrogens (primary N) is 1. The third kappa shape index (κ3) is 6.53. The van der Waals surface area contributed by atoms with Gasteiger partial charge in [0.15, 0.2) is 5.13 Å². The standard InChI is InChI=1S/C10H17N3S.C8H9NO3/c1-2-5-12-7-3-4-8-9(6-7)14-10(11)13-8;10-7-3-1-6(2-4-7)9-5-8(11)12/h7,12H,2-6H2,1H3,(H2,11,13);1-4,9-10H,5H2,(H,11,12)/t7-;/m0./s1. The van der Waals surface area contributed by atoms with E-state index in [2.05, 4.69) is 22.5 Å². The molecule has 7 nitrogen and oxygen atoms in total. The number of phenols is 1. The first-order valence-electron chi connectivity index (χ1n) is 8.70. The molecule has 0 radical (unpaired) electrons. The van der Waals surface area contributed by atoms with Gasteiger partial charge in [-0.25, -0.2) is 4.98 Å². The number of carboxylic acids is 1. The number of carboxylic acid groups (broad SMARTS) is 1. The fourth-order valence-electron chi connectivity index (χ4n) is 2.67.